The molecule has 0 radical (unpaired) electrons. The molecule has 0 aliphatic heterocycles. The van der Waals surface area contributed by atoms with Crippen LogP contribution in [0.15, 0.2) is 30.3 Å². The van der Waals surface area contributed by atoms with E-state index >= 15 is 0 Å². The Labute approximate surface area is 142 Å². The van der Waals surface area contributed by atoms with E-state index in [1.54, 1.807) is 12.1 Å². The van der Waals surface area contributed by atoms with Crippen molar-refractivity contribution in [3.63, 3.8) is 0 Å². The topological polar surface area (TPSA) is 33.1 Å². The Hall–Kier alpha value is -0.570. The number of halogens is 6. The quantitative estimate of drug-likeness (QED) is 0.513. The molecule has 0 saturated heterocycles. The summed E-state index contributed by atoms with van der Waals surface area (Å²) < 4.78 is 38.4. The number of benzene rings is 1. The first-order chi connectivity index (χ1) is 9.70. The summed E-state index contributed by atoms with van der Waals surface area (Å²) in [6.45, 7) is 0. The van der Waals surface area contributed by atoms with E-state index in [2.05, 4.69) is 4.98 Å². The van der Waals surface area contributed by atoms with Crippen LogP contribution in [0.5, 0.6) is 0 Å². The van der Waals surface area contributed by atoms with Crippen LogP contribution in [0.2, 0.25) is 10.2 Å². The number of rotatable bonds is 2. The van der Waals surface area contributed by atoms with Gasteiger partial charge in [-0.1, -0.05) is 35.3 Å². The molecule has 0 spiro atoms. The first-order valence-corrected chi connectivity index (χ1v) is 7.40. The summed E-state index contributed by atoms with van der Waals surface area (Å²) in [6.07, 6.45) is -5.79. The Kier molecular flexibility index (Phi) is 5.02. The molecule has 0 aliphatic carbocycles. The maximum atomic E-state index is 12.5. The van der Waals surface area contributed by atoms with Gasteiger partial charge in [0.25, 0.3) is 0 Å². The Balaban J connectivity index is 2.39. The Bertz CT molecular complexity index is 679. The third kappa shape index (κ3) is 3.80. The number of hydrogen-bond acceptors (Lipinski definition) is 2. The molecule has 1 N–H and O–H groups in total. The number of alkyl halides is 3. The molecule has 2 rings (SSSR count). The summed E-state index contributed by atoms with van der Waals surface area (Å²) >= 11 is 13.7. The lowest BCUT2D eigenvalue weighted by atomic mass is 10.0. The highest BCUT2D eigenvalue weighted by molar-refractivity contribution is 14.1. The van der Waals surface area contributed by atoms with Crippen molar-refractivity contribution in [2.24, 2.45) is 0 Å². The van der Waals surface area contributed by atoms with Crippen LogP contribution >= 0.6 is 45.8 Å². The van der Waals surface area contributed by atoms with E-state index in [1.165, 1.54) is 6.07 Å². The van der Waals surface area contributed by atoms with E-state index in [1.807, 2.05) is 22.6 Å². The highest BCUT2D eigenvalue weighted by atomic mass is 127. The van der Waals surface area contributed by atoms with E-state index in [9.17, 15) is 18.3 Å². The Morgan fingerprint density at radius 1 is 1.14 bits per heavy atom. The first kappa shape index (κ1) is 16.8. The fourth-order valence-corrected chi connectivity index (χ4v) is 2.45. The number of pyridine rings is 1. The summed E-state index contributed by atoms with van der Waals surface area (Å²) in [4.78, 5) is 3.28. The van der Waals surface area contributed by atoms with Gasteiger partial charge in [0.15, 0.2) is 0 Å². The first-order valence-electron chi connectivity index (χ1n) is 5.57. The van der Waals surface area contributed by atoms with Gasteiger partial charge in [0.05, 0.1) is 5.02 Å². The van der Waals surface area contributed by atoms with Crippen LogP contribution in [0.4, 0.5) is 13.2 Å². The molecule has 0 aliphatic rings. The predicted molar refractivity (Wildman–Crippen MR) is 82.5 cm³/mol. The molecule has 0 bridgehead atoms. The molecular formula is C13H7Cl2F3INO. The van der Waals surface area contributed by atoms with Gasteiger partial charge in [-0.15, -0.1) is 0 Å². The van der Waals surface area contributed by atoms with Crippen LogP contribution in [0, 0.1) is 3.57 Å². The maximum absolute atomic E-state index is 12.5. The van der Waals surface area contributed by atoms with Crippen LogP contribution in [0.25, 0.3) is 0 Å². The second kappa shape index (κ2) is 6.28. The molecule has 2 aromatic rings. The standard InChI is InChI=1S/C13H7Cl2F3INO/c14-8-5-6(1-3-9(8)19)11(21)7-2-4-10(13(16,17)18)20-12(7)15/h1-5,11,21H. The zero-order chi connectivity index (χ0) is 15.8. The summed E-state index contributed by atoms with van der Waals surface area (Å²) in [6, 6.07) is 6.72. The van der Waals surface area contributed by atoms with Gasteiger partial charge in [0, 0.05) is 9.13 Å². The van der Waals surface area contributed by atoms with Crippen LogP contribution in [0.3, 0.4) is 0 Å². The van der Waals surface area contributed by atoms with Gasteiger partial charge in [-0.25, -0.2) is 4.98 Å². The average Bonchev–Trinajstić information content (AvgIpc) is 2.40. The average molecular weight is 448 g/mol. The highest BCUT2D eigenvalue weighted by Gasteiger charge is 2.33. The van der Waals surface area contributed by atoms with E-state index < -0.39 is 23.1 Å². The number of hydrogen-bond donors (Lipinski definition) is 1. The van der Waals surface area contributed by atoms with Gasteiger partial charge >= 0.3 is 6.18 Å². The molecule has 2 nitrogen and oxygen atoms in total. The van der Waals surface area contributed by atoms with Gasteiger partial charge in [-0.05, 0) is 46.4 Å². The number of aliphatic hydroxyl groups is 1. The van der Waals surface area contributed by atoms with Crippen molar-refractivity contribution >= 4 is 45.8 Å². The predicted octanol–water partition coefficient (Wildman–Crippen LogP) is 5.09. The van der Waals surface area contributed by atoms with Crippen LogP contribution in [0.1, 0.15) is 22.9 Å². The minimum atomic E-state index is -4.58. The normalized spacial score (nSPS) is 13.3. The third-order valence-corrected chi connectivity index (χ3v) is 4.60. The Morgan fingerprint density at radius 3 is 2.33 bits per heavy atom. The molecule has 0 saturated carbocycles. The van der Waals surface area contributed by atoms with Crippen LogP contribution in [-0.2, 0) is 6.18 Å². The molecule has 8 heteroatoms. The maximum Gasteiger partial charge on any atom is 0.433 e. The SMILES string of the molecule is OC(c1ccc(I)c(Cl)c1)c1ccc(C(F)(F)F)nc1Cl. The smallest absolute Gasteiger partial charge is 0.384 e. The summed E-state index contributed by atoms with van der Waals surface area (Å²) in [7, 11) is 0. The van der Waals surface area contributed by atoms with Crippen molar-refractivity contribution in [1.82, 2.24) is 4.98 Å². The van der Waals surface area contributed by atoms with E-state index in [0.29, 0.717) is 10.6 Å². The molecule has 0 fully saturated rings. The van der Waals surface area contributed by atoms with Crippen molar-refractivity contribution in [2.45, 2.75) is 12.3 Å². The lowest BCUT2D eigenvalue weighted by Gasteiger charge is -2.15. The second-order valence-corrected chi connectivity index (χ2v) is 6.08. The molecule has 1 unspecified atom stereocenters. The van der Waals surface area contributed by atoms with E-state index in [0.717, 1.165) is 15.7 Å². The minimum absolute atomic E-state index is 0.0851. The fourth-order valence-electron chi connectivity index (χ4n) is 1.67. The molecule has 21 heavy (non-hydrogen) atoms. The molecule has 1 aromatic heterocycles. The monoisotopic (exact) mass is 447 g/mol. The zero-order valence-electron chi connectivity index (χ0n) is 10.1. The number of aliphatic hydroxyl groups excluding tert-OH is 1. The Morgan fingerprint density at radius 2 is 1.81 bits per heavy atom. The molecule has 1 heterocycles. The van der Waals surface area contributed by atoms with Crippen molar-refractivity contribution in [3.05, 3.63) is 60.9 Å². The molecule has 112 valence electrons. The van der Waals surface area contributed by atoms with Crippen LogP contribution in [-0.4, -0.2) is 10.1 Å². The number of aromatic nitrogens is 1. The van der Waals surface area contributed by atoms with Gasteiger partial charge in [-0.3, -0.25) is 0 Å². The molecular weight excluding hydrogens is 441 g/mol. The van der Waals surface area contributed by atoms with Gasteiger partial charge in [0.1, 0.15) is 17.0 Å². The summed E-state index contributed by atoms with van der Waals surface area (Å²) in [5, 5.41) is 10.3. The zero-order valence-corrected chi connectivity index (χ0v) is 13.8. The largest absolute Gasteiger partial charge is 0.433 e. The number of nitrogens with zero attached hydrogens (tertiary/aromatic N) is 1. The van der Waals surface area contributed by atoms with E-state index in [-0.39, 0.29) is 5.56 Å². The van der Waals surface area contributed by atoms with Gasteiger partial charge in [0.2, 0.25) is 0 Å². The highest BCUT2D eigenvalue weighted by Crippen LogP contribution is 2.33. The van der Waals surface area contributed by atoms with Crippen LogP contribution < -0.4 is 0 Å². The van der Waals surface area contributed by atoms with Crippen molar-refractivity contribution in [2.75, 3.05) is 0 Å². The minimum Gasteiger partial charge on any atom is -0.384 e. The summed E-state index contributed by atoms with van der Waals surface area (Å²) in [5.41, 5.74) is -0.602. The fraction of sp³-hybridized carbons (Fsp3) is 0.154. The van der Waals surface area contributed by atoms with E-state index in [4.69, 9.17) is 23.2 Å². The third-order valence-electron chi connectivity index (χ3n) is 2.72. The molecule has 0 amide bonds. The molecule has 1 aromatic carbocycles. The van der Waals surface area contributed by atoms with Crippen molar-refractivity contribution in [1.29, 1.82) is 0 Å². The van der Waals surface area contributed by atoms with Crippen molar-refractivity contribution in [3.8, 4) is 0 Å². The molecule has 1 atom stereocenters. The van der Waals surface area contributed by atoms with Gasteiger partial charge in [-0.2, -0.15) is 13.2 Å². The summed E-state index contributed by atoms with van der Waals surface area (Å²) in [5.74, 6) is 0. The van der Waals surface area contributed by atoms with Gasteiger partial charge < -0.3 is 5.11 Å². The lowest BCUT2D eigenvalue weighted by Crippen LogP contribution is -2.10. The second-order valence-electron chi connectivity index (χ2n) is 4.15. The van der Waals surface area contributed by atoms with Crippen molar-refractivity contribution < 1.29 is 18.3 Å². The lowest BCUT2D eigenvalue weighted by molar-refractivity contribution is -0.141.